The monoisotopic (exact) mass is 112 g/mol. The quantitative estimate of drug-likeness (QED) is 0.498. The SMILES string of the molecule is [2H]c1coc(C(=O)[O-])c1. The van der Waals surface area contributed by atoms with Gasteiger partial charge in [-0.05, 0) is 12.1 Å². The molecular formula is C5H3O3-. The summed E-state index contributed by atoms with van der Waals surface area (Å²) in [6.07, 6.45) is 1.03. The minimum absolute atomic E-state index is 0.0363. The Kier molecular flexibility index (Phi) is 0.787. The molecule has 0 aliphatic carbocycles. The molecule has 42 valence electrons. The molecule has 1 rings (SSSR count). The van der Waals surface area contributed by atoms with Crippen molar-refractivity contribution < 1.29 is 15.7 Å². The highest BCUT2D eigenvalue weighted by Crippen LogP contribution is 1.95. The van der Waals surface area contributed by atoms with E-state index in [2.05, 4.69) is 4.42 Å². The van der Waals surface area contributed by atoms with Gasteiger partial charge in [0.2, 0.25) is 0 Å². The van der Waals surface area contributed by atoms with Crippen molar-refractivity contribution in [3.05, 3.63) is 24.1 Å². The van der Waals surface area contributed by atoms with E-state index >= 15 is 0 Å². The smallest absolute Gasteiger partial charge is 0.149 e. The fraction of sp³-hybridized carbons (Fsp3) is 0. The Morgan fingerprint density at radius 3 is 3.00 bits per heavy atom. The molecule has 0 bridgehead atoms. The number of carboxylic acids is 1. The molecule has 0 aliphatic rings. The van der Waals surface area contributed by atoms with Gasteiger partial charge < -0.3 is 14.3 Å². The number of carbonyl (C=O) groups excluding carboxylic acids is 1. The number of hydrogen-bond donors (Lipinski definition) is 0. The Bertz CT molecular complexity index is 228. The van der Waals surface area contributed by atoms with Crippen LogP contribution >= 0.6 is 0 Å². The average molecular weight is 112 g/mol. The summed E-state index contributed by atoms with van der Waals surface area (Å²) in [6, 6.07) is 1.12. The van der Waals surface area contributed by atoms with Gasteiger partial charge in [0.1, 0.15) is 11.7 Å². The van der Waals surface area contributed by atoms with Crippen LogP contribution in [-0.2, 0) is 0 Å². The Morgan fingerprint density at radius 1 is 2.00 bits per heavy atom. The highest BCUT2D eigenvalue weighted by Gasteiger charge is 1.90. The van der Waals surface area contributed by atoms with Gasteiger partial charge in [-0.2, -0.15) is 0 Å². The molecule has 0 fully saturated rings. The number of rotatable bonds is 1. The van der Waals surface area contributed by atoms with E-state index < -0.39 is 5.97 Å². The van der Waals surface area contributed by atoms with Gasteiger partial charge >= 0.3 is 0 Å². The van der Waals surface area contributed by atoms with Crippen molar-refractivity contribution in [2.45, 2.75) is 0 Å². The van der Waals surface area contributed by atoms with Gasteiger partial charge in [0.05, 0.1) is 7.63 Å². The molecule has 1 aromatic heterocycles. The lowest BCUT2D eigenvalue weighted by Gasteiger charge is -1.91. The maximum absolute atomic E-state index is 9.93. The molecule has 8 heavy (non-hydrogen) atoms. The molecule has 0 spiro atoms. The maximum Gasteiger partial charge on any atom is 0.149 e. The summed E-state index contributed by atoms with van der Waals surface area (Å²) in [5.74, 6) is -1.70. The van der Waals surface area contributed by atoms with Gasteiger partial charge in [-0.25, -0.2) is 0 Å². The van der Waals surface area contributed by atoms with E-state index in [0.29, 0.717) is 0 Å². The second kappa shape index (κ2) is 1.69. The summed E-state index contributed by atoms with van der Waals surface area (Å²) in [4.78, 5) is 9.93. The van der Waals surface area contributed by atoms with E-state index in [1.54, 1.807) is 0 Å². The van der Waals surface area contributed by atoms with Crippen molar-refractivity contribution in [2.75, 3.05) is 0 Å². The zero-order valence-corrected chi connectivity index (χ0v) is 3.88. The minimum atomic E-state index is -1.39. The van der Waals surface area contributed by atoms with Crippen molar-refractivity contribution in [1.82, 2.24) is 0 Å². The minimum Gasteiger partial charge on any atom is -0.542 e. The number of carboxylic acid groups (broad SMARTS) is 1. The summed E-state index contributed by atoms with van der Waals surface area (Å²) >= 11 is 0. The Balaban J connectivity index is 2.98. The number of aromatic carboxylic acids is 1. The van der Waals surface area contributed by atoms with Gasteiger partial charge in [-0.3, -0.25) is 0 Å². The molecule has 3 heteroatoms. The Morgan fingerprint density at radius 2 is 2.75 bits per heavy atom. The Labute approximate surface area is 47.0 Å². The summed E-state index contributed by atoms with van der Waals surface area (Å²) in [7, 11) is 0. The van der Waals surface area contributed by atoms with E-state index in [9.17, 15) is 9.90 Å². The third-order valence-corrected chi connectivity index (χ3v) is 0.670. The molecule has 0 aliphatic heterocycles. The molecule has 0 aromatic carbocycles. The molecule has 0 saturated heterocycles. The van der Waals surface area contributed by atoms with Crippen LogP contribution in [0.5, 0.6) is 0 Å². The molecule has 1 aromatic rings. The van der Waals surface area contributed by atoms with Crippen LogP contribution in [-0.4, -0.2) is 5.97 Å². The van der Waals surface area contributed by atoms with Crippen molar-refractivity contribution in [1.29, 1.82) is 0 Å². The third kappa shape index (κ3) is 0.703. The van der Waals surface area contributed by atoms with Crippen LogP contribution < -0.4 is 5.11 Å². The molecule has 0 unspecified atom stereocenters. The summed E-state index contributed by atoms with van der Waals surface area (Å²) < 4.78 is 11.2. The molecule has 0 amide bonds. The summed E-state index contributed by atoms with van der Waals surface area (Å²) in [5, 5.41) is 9.93. The van der Waals surface area contributed by atoms with E-state index in [-0.39, 0.29) is 11.8 Å². The van der Waals surface area contributed by atoms with Gasteiger partial charge in [0, 0.05) is 0 Å². The predicted octanol–water partition coefficient (Wildman–Crippen LogP) is -0.357. The molecule has 1 heterocycles. The topological polar surface area (TPSA) is 53.3 Å². The van der Waals surface area contributed by atoms with Crippen molar-refractivity contribution in [3.8, 4) is 0 Å². The third-order valence-electron chi connectivity index (χ3n) is 0.670. The lowest BCUT2D eigenvalue weighted by Crippen LogP contribution is -2.21. The van der Waals surface area contributed by atoms with Crippen molar-refractivity contribution >= 4 is 5.97 Å². The molecule has 3 nitrogen and oxygen atoms in total. The lowest BCUT2D eigenvalue weighted by molar-refractivity contribution is -0.257. The van der Waals surface area contributed by atoms with Crippen LogP contribution in [0, 0.1) is 0 Å². The largest absolute Gasteiger partial charge is 0.542 e. The summed E-state index contributed by atoms with van der Waals surface area (Å²) in [5.41, 5.74) is 0. The Hall–Kier alpha value is -1.25. The first kappa shape index (κ1) is 3.72. The average Bonchev–Trinajstić information content (AvgIpc) is 2.14. The van der Waals surface area contributed by atoms with Gasteiger partial charge in [0.25, 0.3) is 0 Å². The van der Waals surface area contributed by atoms with Crippen LogP contribution in [0.15, 0.2) is 22.8 Å². The predicted molar refractivity (Wildman–Crippen MR) is 23.0 cm³/mol. The van der Waals surface area contributed by atoms with Crippen LogP contribution in [0.1, 0.15) is 11.9 Å². The number of furan rings is 1. The number of carbonyl (C=O) groups is 1. The van der Waals surface area contributed by atoms with Crippen LogP contribution in [0.2, 0.25) is 0 Å². The first-order chi connectivity index (χ1) is 4.20. The van der Waals surface area contributed by atoms with Crippen molar-refractivity contribution in [2.24, 2.45) is 0 Å². The lowest BCUT2D eigenvalue weighted by atomic mass is 10.5. The molecule has 0 N–H and O–H groups in total. The van der Waals surface area contributed by atoms with Crippen LogP contribution in [0.3, 0.4) is 0 Å². The highest BCUT2D eigenvalue weighted by atomic mass is 16.4. The fourth-order valence-electron chi connectivity index (χ4n) is 0.348. The standard InChI is InChI=1S/C5H4O3/c6-5(7)4-2-1-3-8-4/h1-3H,(H,6,7)/p-1/i1D. The van der Waals surface area contributed by atoms with Crippen LogP contribution in [0.25, 0.3) is 0 Å². The first-order valence-electron chi connectivity index (χ1n) is 2.46. The number of hydrogen-bond acceptors (Lipinski definition) is 3. The van der Waals surface area contributed by atoms with E-state index in [1.165, 1.54) is 0 Å². The van der Waals surface area contributed by atoms with E-state index in [1.807, 2.05) is 0 Å². The fourth-order valence-corrected chi connectivity index (χ4v) is 0.348. The first-order valence-corrected chi connectivity index (χ1v) is 1.96. The van der Waals surface area contributed by atoms with E-state index in [0.717, 1.165) is 12.3 Å². The second-order valence-electron chi connectivity index (χ2n) is 1.20. The summed E-state index contributed by atoms with van der Waals surface area (Å²) in [6.45, 7) is 0. The zero-order valence-electron chi connectivity index (χ0n) is 4.88. The van der Waals surface area contributed by atoms with Gasteiger partial charge in [0.15, 0.2) is 0 Å². The van der Waals surface area contributed by atoms with E-state index in [4.69, 9.17) is 1.37 Å². The molecular weight excluding hydrogens is 108 g/mol. The van der Waals surface area contributed by atoms with Crippen molar-refractivity contribution in [3.63, 3.8) is 0 Å². The van der Waals surface area contributed by atoms with Crippen LogP contribution in [0.4, 0.5) is 0 Å². The highest BCUT2D eigenvalue weighted by molar-refractivity contribution is 5.82. The normalized spacial score (nSPS) is 10.8. The molecule has 0 atom stereocenters. The van der Waals surface area contributed by atoms with Gasteiger partial charge in [-0.15, -0.1) is 0 Å². The molecule has 0 radical (unpaired) electrons. The molecule has 0 saturated carbocycles. The second-order valence-corrected chi connectivity index (χ2v) is 1.20. The zero-order chi connectivity index (χ0) is 6.85. The maximum atomic E-state index is 9.93. The van der Waals surface area contributed by atoms with Gasteiger partial charge in [-0.1, -0.05) is 0 Å².